The fourth-order valence-corrected chi connectivity index (χ4v) is 2.49. The normalized spacial score (nSPS) is 15.8. The molecule has 1 N–H and O–H groups in total. The Bertz CT molecular complexity index is 664. The molecule has 2 heterocycles. The van der Waals surface area contributed by atoms with Crippen LogP contribution in [0.15, 0.2) is 36.7 Å². The second-order valence-corrected chi connectivity index (χ2v) is 5.44. The van der Waals surface area contributed by atoms with Gasteiger partial charge in [-0.1, -0.05) is 12.1 Å². The first-order valence-corrected chi connectivity index (χ1v) is 7.23. The van der Waals surface area contributed by atoms with Gasteiger partial charge in [-0.2, -0.15) is 0 Å². The molecule has 0 bridgehead atoms. The third kappa shape index (κ3) is 3.07. The molecule has 0 saturated carbocycles. The Labute approximate surface area is 129 Å². The summed E-state index contributed by atoms with van der Waals surface area (Å²) < 4.78 is 0. The average Bonchev–Trinajstić information content (AvgIpc) is 2.56. The molecule has 1 aliphatic heterocycles. The molecule has 0 amide bonds. The molecule has 114 valence electrons. The van der Waals surface area contributed by atoms with Gasteiger partial charge in [-0.15, -0.1) is 0 Å². The zero-order valence-electron chi connectivity index (χ0n) is 12.4. The Kier molecular flexibility index (Phi) is 4.02. The number of anilines is 1. The molecule has 3 rings (SSSR count). The van der Waals surface area contributed by atoms with Crippen LogP contribution in [0.2, 0.25) is 0 Å². The number of likely N-dealkylation sites (N-methyl/N-ethyl adjacent to an activating group) is 1. The van der Waals surface area contributed by atoms with E-state index in [1.165, 1.54) is 0 Å². The number of carboxylic acid groups (broad SMARTS) is 1. The Morgan fingerprint density at radius 3 is 2.45 bits per heavy atom. The van der Waals surface area contributed by atoms with Crippen molar-refractivity contribution in [2.75, 3.05) is 38.1 Å². The summed E-state index contributed by atoms with van der Waals surface area (Å²) in [5, 5.41) is 9.04. The molecule has 0 radical (unpaired) electrons. The van der Waals surface area contributed by atoms with Crippen LogP contribution in [-0.4, -0.2) is 59.2 Å². The first kappa shape index (κ1) is 14.5. The number of nitrogens with zero attached hydrogens (tertiary/aromatic N) is 4. The van der Waals surface area contributed by atoms with Gasteiger partial charge in [0.2, 0.25) is 0 Å². The second-order valence-electron chi connectivity index (χ2n) is 5.44. The summed E-state index contributed by atoms with van der Waals surface area (Å²) in [5.41, 5.74) is 1.96. The highest BCUT2D eigenvalue weighted by molar-refractivity contribution is 5.89. The van der Waals surface area contributed by atoms with E-state index in [1.54, 1.807) is 30.6 Å². The predicted molar refractivity (Wildman–Crippen MR) is 84.1 cm³/mol. The van der Waals surface area contributed by atoms with E-state index >= 15 is 0 Å². The lowest BCUT2D eigenvalue weighted by Crippen LogP contribution is -2.44. The molecule has 1 aromatic carbocycles. The van der Waals surface area contributed by atoms with E-state index in [0.717, 1.165) is 31.9 Å². The van der Waals surface area contributed by atoms with Gasteiger partial charge >= 0.3 is 5.97 Å². The summed E-state index contributed by atoms with van der Waals surface area (Å²) in [6.07, 6.45) is 3.61. The summed E-state index contributed by atoms with van der Waals surface area (Å²) in [6, 6.07) is 6.67. The number of carbonyl (C=O) groups is 1. The number of piperazine rings is 1. The standard InChI is InChI=1S/C16H18N4O2/c1-19-5-7-20(8-6-19)14-10-17-15(18-11-14)12-3-2-4-13(9-12)16(21)22/h2-4,9-11H,5-8H2,1H3,(H,21,22). The molecule has 6 nitrogen and oxygen atoms in total. The maximum atomic E-state index is 11.0. The van der Waals surface area contributed by atoms with Crippen molar-refractivity contribution in [1.82, 2.24) is 14.9 Å². The zero-order chi connectivity index (χ0) is 15.5. The summed E-state index contributed by atoms with van der Waals surface area (Å²) >= 11 is 0. The van der Waals surface area contributed by atoms with Gasteiger partial charge in [0.1, 0.15) is 0 Å². The van der Waals surface area contributed by atoms with Crippen molar-refractivity contribution >= 4 is 11.7 Å². The minimum absolute atomic E-state index is 0.240. The first-order valence-electron chi connectivity index (χ1n) is 7.23. The lowest BCUT2D eigenvalue weighted by molar-refractivity contribution is 0.0697. The van der Waals surface area contributed by atoms with Crippen molar-refractivity contribution < 1.29 is 9.90 Å². The molecular formula is C16H18N4O2. The van der Waals surface area contributed by atoms with Gasteiger partial charge in [-0.25, -0.2) is 14.8 Å². The van der Waals surface area contributed by atoms with Crippen LogP contribution in [0.4, 0.5) is 5.69 Å². The quantitative estimate of drug-likeness (QED) is 0.928. The van der Waals surface area contributed by atoms with Crippen molar-refractivity contribution in [3.8, 4) is 11.4 Å². The van der Waals surface area contributed by atoms with Gasteiger partial charge in [0.05, 0.1) is 23.6 Å². The van der Waals surface area contributed by atoms with E-state index in [-0.39, 0.29) is 5.56 Å². The van der Waals surface area contributed by atoms with Gasteiger partial charge in [-0.05, 0) is 19.2 Å². The van der Waals surface area contributed by atoms with Gasteiger partial charge in [0.15, 0.2) is 5.82 Å². The molecule has 1 aliphatic rings. The van der Waals surface area contributed by atoms with Gasteiger partial charge in [-0.3, -0.25) is 0 Å². The topological polar surface area (TPSA) is 69.6 Å². The van der Waals surface area contributed by atoms with E-state index in [2.05, 4.69) is 26.8 Å². The highest BCUT2D eigenvalue weighted by atomic mass is 16.4. The fraction of sp³-hybridized carbons (Fsp3) is 0.312. The predicted octanol–water partition coefficient (Wildman–Crippen LogP) is 1.59. The zero-order valence-corrected chi connectivity index (χ0v) is 12.4. The first-order chi connectivity index (χ1) is 10.6. The van der Waals surface area contributed by atoms with Crippen LogP contribution in [0.25, 0.3) is 11.4 Å². The van der Waals surface area contributed by atoms with E-state index in [0.29, 0.717) is 11.4 Å². The van der Waals surface area contributed by atoms with E-state index in [1.807, 2.05) is 6.07 Å². The molecule has 1 saturated heterocycles. The van der Waals surface area contributed by atoms with E-state index in [9.17, 15) is 4.79 Å². The summed E-state index contributed by atoms with van der Waals surface area (Å²) in [6.45, 7) is 3.99. The molecular weight excluding hydrogens is 280 g/mol. The van der Waals surface area contributed by atoms with Gasteiger partial charge < -0.3 is 14.9 Å². The van der Waals surface area contributed by atoms with Crippen LogP contribution in [0, 0.1) is 0 Å². The van der Waals surface area contributed by atoms with E-state index in [4.69, 9.17) is 5.11 Å². The molecule has 0 spiro atoms. The van der Waals surface area contributed by atoms with Crippen molar-refractivity contribution in [3.05, 3.63) is 42.2 Å². The van der Waals surface area contributed by atoms with Crippen molar-refractivity contribution in [2.45, 2.75) is 0 Å². The van der Waals surface area contributed by atoms with Crippen molar-refractivity contribution in [2.24, 2.45) is 0 Å². The third-order valence-corrected chi connectivity index (χ3v) is 3.87. The van der Waals surface area contributed by atoms with Crippen molar-refractivity contribution in [3.63, 3.8) is 0 Å². The maximum absolute atomic E-state index is 11.0. The fourth-order valence-electron chi connectivity index (χ4n) is 2.49. The molecule has 6 heteroatoms. The highest BCUT2D eigenvalue weighted by Gasteiger charge is 2.15. The van der Waals surface area contributed by atoms with Crippen LogP contribution in [0.3, 0.4) is 0 Å². The molecule has 2 aromatic rings. The lowest BCUT2D eigenvalue weighted by Gasteiger charge is -2.33. The minimum Gasteiger partial charge on any atom is -0.478 e. The largest absolute Gasteiger partial charge is 0.478 e. The number of aromatic carboxylic acids is 1. The maximum Gasteiger partial charge on any atom is 0.335 e. The van der Waals surface area contributed by atoms with Crippen molar-refractivity contribution in [1.29, 1.82) is 0 Å². The number of rotatable bonds is 3. The number of aromatic nitrogens is 2. The molecule has 1 aromatic heterocycles. The molecule has 22 heavy (non-hydrogen) atoms. The SMILES string of the molecule is CN1CCN(c2cnc(-c3cccc(C(=O)O)c3)nc2)CC1. The Hall–Kier alpha value is -2.47. The van der Waals surface area contributed by atoms with Crippen LogP contribution in [0.1, 0.15) is 10.4 Å². The number of hydrogen-bond acceptors (Lipinski definition) is 5. The Morgan fingerprint density at radius 1 is 1.14 bits per heavy atom. The average molecular weight is 298 g/mol. The molecule has 0 unspecified atom stereocenters. The molecule has 0 aliphatic carbocycles. The monoisotopic (exact) mass is 298 g/mol. The van der Waals surface area contributed by atoms with Crippen LogP contribution in [0.5, 0.6) is 0 Å². The molecule has 1 fully saturated rings. The van der Waals surface area contributed by atoms with E-state index < -0.39 is 5.97 Å². The van der Waals surface area contributed by atoms with Gasteiger partial charge in [0, 0.05) is 31.7 Å². The smallest absolute Gasteiger partial charge is 0.335 e. The Morgan fingerprint density at radius 2 is 1.82 bits per heavy atom. The summed E-state index contributed by atoms with van der Waals surface area (Å²) in [7, 11) is 2.12. The minimum atomic E-state index is -0.948. The lowest BCUT2D eigenvalue weighted by atomic mass is 10.1. The summed E-state index contributed by atoms with van der Waals surface area (Å²) in [5.74, 6) is -0.406. The Balaban J connectivity index is 1.79. The number of hydrogen-bond donors (Lipinski definition) is 1. The number of carboxylic acids is 1. The van der Waals surface area contributed by atoms with Crippen LogP contribution >= 0.6 is 0 Å². The highest BCUT2D eigenvalue weighted by Crippen LogP contribution is 2.19. The third-order valence-electron chi connectivity index (χ3n) is 3.87. The number of benzene rings is 1. The van der Waals surface area contributed by atoms with Crippen LogP contribution in [-0.2, 0) is 0 Å². The second kappa shape index (κ2) is 6.11. The molecule has 0 atom stereocenters. The van der Waals surface area contributed by atoms with Gasteiger partial charge in [0.25, 0.3) is 0 Å². The summed E-state index contributed by atoms with van der Waals surface area (Å²) in [4.78, 5) is 24.3. The van der Waals surface area contributed by atoms with Crippen LogP contribution < -0.4 is 4.90 Å².